The Kier molecular flexibility index (Phi) is 10.3. The number of hydrogen-bond acceptors (Lipinski definition) is 5. The lowest BCUT2D eigenvalue weighted by atomic mass is 10.0. The maximum atomic E-state index is 15.7. The predicted octanol–water partition coefficient (Wildman–Crippen LogP) is 6.37. The third kappa shape index (κ3) is 7.09. The first kappa shape index (κ1) is 34.3. The number of ether oxygens (including phenoxy) is 1. The minimum atomic E-state index is -4.94. The van der Waals surface area contributed by atoms with Gasteiger partial charge in [0.25, 0.3) is 5.56 Å². The van der Waals surface area contributed by atoms with Gasteiger partial charge in [0.2, 0.25) is 0 Å². The molecule has 3 N–H and O–H groups in total. The first-order valence-electron chi connectivity index (χ1n) is 15.0. The van der Waals surface area contributed by atoms with Crippen LogP contribution in [-0.2, 0) is 19.3 Å². The number of nitrogens with one attached hydrogen (secondary N) is 1. The van der Waals surface area contributed by atoms with Gasteiger partial charge in [-0.05, 0) is 36.2 Å². The Bertz CT molecular complexity index is 2010. The number of aromatic nitrogens is 2. The van der Waals surface area contributed by atoms with Gasteiger partial charge in [-0.3, -0.25) is 13.9 Å². The van der Waals surface area contributed by atoms with Crippen molar-refractivity contribution >= 4 is 0 Å². The highest BCUT2D eigenvalue weighted by Gasteiger charge is 2.35. The second-order valence-electron chi connectivity index (χ2n) is 11.2. The average molecular weight is 665 g/mol. The molecule has 48 heavy (non-hydrogen) atoms. The van der Waals surface area contributed by atoms with Gasteiger partial charge >= 0.3 is 11.9 Å². The molecule has 5 aromatic rings. The fourth-order valence-corrected chi connectivity index (χ4v) is 5.71. The van der Waals surface area contributed by atoms with Crippen LogP contribution in [0.15, 0.2) is 107 Å². The molecule has 5 rings (SSSR count). The van der Waals surface area contributed by atoms with E-state index in [1.54, 1.807) is 30.3 Å². The van der Waals surface area contributed by atoms with Crippen LogP contribution in [0.25, 0.3) is 11.1 Å². The van der Waals surface area contributed by atoms with Crippen LogP contribution >= 0.6 is 0 Å². The molecular weight excluding hydrogens is 631 g/mol. The third-order valence-electron chi connectivity index (χ3n) is 8.26. The third-order valence-corrected chi connectivity index (χ3v) is 8.26. The molecule has 0 bridgehead atoms. The van der Waals surface area contributed by atoms with Crippen molar-refractivity contribution in [1.29, 1.82) is 0 Å². The monoisotopic (exact) mass is 664 g/mol. The van der Waals surface area contributed by atoms with Gasteiger partial charge in [0, 0.05) is 29.4 Å². The van der Waals surface area contributed by atoms with E-state index in [-0.39, 0.29) is 35.7 Å². The molecule has 0 spiro atoms. The summed E-state index contributed by atoms with van der Waals surface area (Å²) in [6.45, 7) is 0.333. The molecule has 0 unspecified atom stereocenters. The first-order chi connectivity index (χ1) is 22.9. The summed E-state index contributed by atoms with van der Waals surface area (Å²) in [5.41, 5.74) is 3.30. The van der Waals surface area contributed by atoms with Crippen LogP contribution in [0, 0.1) is 18.6 Å². The molecule has 4 aromatic carbocycles. The van der Waals surface area contributed by atoms with E-state index in [1.165, 1.54) is 32.2 Å². The molecule has 0 fully saturated rings. The van der Waals surface area contributed by atoms with Crippen molar-refractivity contribution in [3.05, 3.63) is 157 Å². The van der Waals surface area contributed by atoms with Crippen LogP contribution in [0.4, 0.5) is 22.0 Å². The van der Waals surface area contributed by atoms with Crippen molar-refractivity contribution in [2.24, 2.45) is 5.73 Å². The molecule has 0 aliphatic rings. The Morgan fingerprint density at radius 3 is 2.08 bits per heavy atom. The summed E-state index contributed by atoms with van der Waals surface area (Å²) in [6, 6.07) is 23.5. The van der Waals surface area contributed by atoms with Crippen molar-refractivity contribution in [3.8, 4) is 16.9 Å². The molecule has 0 amide bonds. The summed E-state index contributed by atoms with van der Waals surface area (Å²) in [5, 5.41) is 3.31. The Morgan fingerprint density at radius 2 is 1.46 bits per heavy atom. The fraction of sp³-hybridized carbons (Fsp3) is 0.222. The number of hydrogen-bond donors (Lipinski definition) is 2. The number of nitrogens with two attached hydrogens (primary N) is 1. The second-order valence-corrected chi connectivity index (χ2v) is 11.2. The molecule has 1 aromatic heterocycles. The largest absolute Gasteiger partial charge is 0.494 e. The highest BCUT2D eigenvalue weighted by Crippen LogP contribution is 2.34. The van der Waals surface area contributed by atoms with E-state index in [4.69, 9.17) is 10.5 Å². The van der Waals surface area contributed by atoms with E-state index in [0.717, 1.165) is 26.8 Å². The maximum Gasteiger partial charge on any atom is 0.416 e. The van der Waals surface area contributed by atoms with Gasteiger partial charge in [-0.25, -0.2) is 13.6 Å². The van der Waals surface area contributed by atoms with Gasteiger partial charge in [-0.1, -0.05) is 78.9 Å². The fourth-order valence-electron chi connectivity index (χ4n) is 5.71. The van der Waals surface area contributed by atoms with Gasteiger partial charge in [0.05, 0.1) is 37.4 Å². The van der Waals surface area contributed by atoms with E-state index in [2.05, 4.69) is 5.32 Å². The number of methoxy groups -OCH3 is 1. The normalized spacial score (nSPS) is 12.9. The summed E-state index contributed by atoms with van der Waals surface area (Å²) >= 11 is 0. The summed E-state index contributed by atoms with van der Waals surface area (Å²) in [7, 11) is 1.24. The zero-order valence-corrected chi connectivity index (χ0v) is 26.1. The zero-order chi connectivity index (χ0) is 34.6. The van der Waals surface area contributed by atoms with E-state index in [0.29, 0.717) is 11.6 Å². The van der Waals surface area contributed by atoms with Crippen molar-refractivity contribution in [3.63, 3.8) is 0 Å². The van der Waals surface area contributed by atoms with Gasteiger partial charge in [0.1, 0.15) is 5.82 Å². The van der Waals surface area contributed by atoms with Crippen molar-refractivity contribution in [1.82, 2.24) is 14.5 Å². The van der Waals surface area contributed by atoms with Crippen LogP contribution in [0.1, 0.15) is 40.0 Å². The van der Waals surface area contributed by atoms with Crippen LogP contribution in [0.5, 0.6) is 5.75 Å². The molecule has 1 heterocycles. The van der Waals surface area contributed by atoms with Crippen molar-refractivity contribution in [2.75, 3.05) is 13.7 Å². The number of halogens is 5. The summed E-state index contributed by atoms with van der Waals surface area (Å²) in [4.78, 5) is 28.4. The van der Waals surface area contributed by atoms with Crippen LogP contribution < -0.4 is 27.0 Å². The molecule has 250 valence electrons. The first-order valence-corrected chi connectivity index (χ1v) is 15.0. The minimum absolute atomic E-state index is 0.153. The molecule has 0 saturated carbocycles. The molecule has 0 aliphatic carbocycles. The molecule has 12 heteroatoms. The standard InChI is InChI=1S/C36H33F5N4O3/c1-22-32(25-15-9-18-31(48-2)33(25)38)34(46)45(35(47)44(22)20-26-27(36(39,40)41)16-10-17-28(26)37)21-30(24-13-7-4-8-14-24)43-19-29(42)23-11-5-3-6-12-23/h3-18,29-30,43H,19-21,42H2,1-2H3/t29-,30-/m0/s1. The predicted molar refractivity (Wildman–Crippen MR) is 173 cm³/mol. The Morgan fingerprint density at radius 1 is 0.833 bits per heavy atom. The quantitative estimate of drug-likeness (QED) is 0.160. The van der Waals surface area contributed by atoms with Crippen LogP contribution in [-0.4, -0.2) is 22.8 Å². The van der Waals surface area contributed by atoms with Gasteiger partial charge in [0.15, 0.2) is 11.6 Å². The molecular formula is C36H33F5N4O3. The topological polar surface area (TPSA) is 91.3 Å². The molecule has 2 atom stereocenters. The van der Waals surface area contributed by atoms with Gasteiger partial charge in [-0.15, -0.1) is 0 Å². The lowest BCUT2D eigenvalue weighted by Gasteiger charge is -2.25. The van der Waals surface area contributed by atoms with Crippen LogP contribution in [0.3, 0.4) is 0 Å². The zero-order valence-electron chi connectivity index (χ0n) is 26.1. The molecule has 7 nitrogen and oxygen atoms in total. The van der Waals surface area contributed by atoms with Gasteiger partial charge < -0.3 is 15.8 Å². The average Bonchev–Trinajstić information content (AvgIpc) is 3.08. The van der Waals surface area contributed by atoms with Gasteiger partial charge in [-0.2, -0.15) is 13.2 Å². The Labute approximate surface area is 273 Å². The highest BCUT2D eigenvalue weighted by atomic mass is 19.4. The maximum absolute atomic E-state index is 15.7. The summed E-state index contributed by atoms with van der Waals surface area (Å²) < 4.78 is 79.5. The minimum Gasteiger partial charge on any atom is -0.494 e. The number of nitrogens with zero attached hydrogens (tertiary/aromatic N) is 2. The lowest BCUT2D eigenvalue weighted by molar-refractivity contribution is -0.138. The lowest BCUT2D eigenvalue weighted by Crippen LogP contribution is -2.45. The van der Waals surface area contributed by atoms with E-state index in [9.17, 15) is 22.8 Å². The summed E-state index contributed by atoms with van der Waals surface area (Å²) in [6.07, 6.45) is -4.94. The Balaban J connectivity index is 1.69. The molecule has 0 radical (unpaired) electrons. The molecule has 0 aliphatic heterocycles. The van der Waals surface area contributed by atoms with Crippen molar-refractivity contribution in [2.45, 2.75) is 38.3 Å². The number of alkyl halides is 3. The highest BCUT2D eigenvalue weighted by molar-refractivity contribution is 5.67. The number of rotatable bonds is 11. The van der Waals surface area contributed by atoms with E-state index >= 15 is 8.78 Å². The molecule has 0 saturated heterocycles. The second kappa shape index (κ2) is 14.4. The smallest absolute Gasteiger partial charge is 0.416 e. The SMILES string of the molecule is COc1cccc(-c2c(C)n(Cc3c(F)cccc3C(F)(F)F)c(=O)n(C[C@H](NC[C@H](N)c3ccccc3)c3ccccc3)c2=O)c1F. The van der Waals surface area contributed by atoms with E-state index in [1.807, 2.05) is 30.3 Å². The summed E-state index contributed by atoms with van der Waals surface area (Å²) in [5.74, 6) is -2.30. The number of benzene rings is 4. The Hall–Kier alpha value is -5.07. The van der Waals surface area contributed by atoms with E-state index < -0.39 is 58.8 Å². The van der Waals surface area contributed by atoms with Crippen molar-refractivity contribution < 1.29 is 26.7 Å². The van der Waals surface area contributed by atoms with Crippen LogP contribution in [0.2, 0.25) is 0 Å².